The molecule has 16 aromatic carbocycles. The maximum atomic E-state index is 18.8. The number of benzene rings is 16. The first-order chi connectivity index (χ1) is 47.6. The van der Waals surface area contributed by atoms with Crippen molar-refractivity contribution in [3.8, 4) is 22.7 Å². The van der Waals surface area contributed by atoms with Gasteiger partial charge in [0, 0.05) is 98.2 Å². The maximum absolute atomic E-state index is 18.8. The minimum absolute atomic E-state index is 0.390. The molecule has 20 rings (SSSR count). The van der Waals surface area contributed by atoms with Crippen LogP contribution in [0.25, 0.3) is 142 Å². The molecule has 0 aliphatic rings. The van der Waals surface area contributed by atoms with Crippen LogP contribution >= 0.6 is 0 Å². The van der Waals surface area contributed by atoms with Gasteiger partial charge in [0.05, 0.1) is 78.3 Å². The van der Waals surface area contributed by atoms with Gasteiger partial charge in [0.25, 0.3) is 0 Å². The van der Waals surface area contributed by atoms with E-state index in [1.807, 2.05) is 48.5 Å². The van der Waals surface area contributed by atoms with Gasteiger partial charge in [0.1, 0.15) is 11.6 Å². The molecule has 0 saturated carbocycles. The molecule has 0 N–H and O–H groups in total. The van der Waals surface area contributed by atoms with Crippen molar-refractivity contribution in [1.29, 1.82) is 0 Å². The highest BCUT2D eigenvalue weighted by atomic mass is 19.1. The Morgan fingerprint density at radius 2 is 0.417 bits per heavy atom. The number of rotatable bonds is 10. The molecular formula is C88H54F2N6. The zero-order chi connectivity index (χ0) is 63.3. The Bertz CT molecular complexity index is 5830. The molecule has 450 valence electrons. The minimum atomic E-state index is -0.430. The summed E-state index contributed by atoms with van der Waals surface area (Å²) in [4.78, 5) is 4.57. The topological polar surface area (TPSA) is 26.2 Å². The van der Waals surface area contributed by atoms with Crippen molar-refractivity contribution in [3.05, 3.63) is 339 Å². The fraction of sp³-hybridized carbons (Fsp3) is 0. The fourth-order valence-electron chi connectivity index (χ4n) is 16.1. The van der Waals surface area contributed by atoms with Crippen molar-refractivity contribution in [3.63, 3.8) is 0 Å². The molecule has 4 heterocycles. The highest BCUT2D eigenvalue weighted by Crippen LogP contribution is 2.55. The molecule has 0 saturated heterocycles. The van der Waals surface area contributed by atoms with Crippen molar-refractivity contribution in [1.82, 2.24) is 18.3 Å². The van der Waals surface area contributed by atoms with Crippen LogP contribution in [-0.4, -0.2) is 18.3 Å². The van der Waals surface area contributed by atoms with Crippen LogP contribution in [0.5, 0.6) is 0 Å². The lowest BCUT2D eigenvalue weighted by molar-refractivity contribution is 0.639. The summed E-state index contributed by atoms with van der Waals surface area (Å²) in [6, 6.07) is 113. The Morgan fingerprint density at radius 3 is 0.688 bits per heavy atom. The Hall–Kier alpha value is -12.8. The molecule has 96 heavy (non-hydrogen) atoms. The Kier molecular flexibility index (Phi) is 11.7. The number of fused-ring (bicyclic) bond motifs is 12. The molecule has 0 bridgehead atoms. The van der Waals surface area contributed by atoms with Crippen LogP contribution in [0.1, 0.15) is 0 Å². The van der Waals surface area contributed by atoms with Gasteiger partial charge in [-0.2, -0.15) is 0 Å². The number of anilines is 6. The van der Waals surface area contributed by atoms with E-state index in [1.54, 1.807) is 12.1 Å². The van der Waals surface area contributed by atoms with Gasteiger partial charge in [-0.05, 0) is 109 Å². The van der Waals surface area contributed by atoms with Crippen molar-refractivity contribution in [2.75, 3.05) is 9.80 Å². The monoisotopic (exact) mass is 1230 g/mol. The molecule has 0 fully saturated rings. The van der Waals surface area contributed by atoms with E-state index in [0.717, 1.165) is 143 Å². The Balaban J connectivity index is 0.938. The van der Waals surface area contributed by atoms with Crippen molar-refractivity contribution in [2.45, 2.75) is 0 Å². The third-order valence-electron chi connectivity index (χ3n) is 20.0. The predicted molar refractivity (Wildman–Crippen MR) is 397 cm³/mol. The minimum Gasteiger partial charge on any atom is -0.307 e. The summed E-state index contributed by atoms with van der Waals surface area (Å²) >= 11 is 0. The summed E-state index contributed by atoms with van der Waals surface area (Å²) in [5, 5.41) is 12.0. The van der Waals surface area contributed by atoms with Crippen LogP contribution in [0.15, 0.2) is 328 Å². The Morgan fingerprint density at radius 1 is 0.188 bits per heavy atom. The second kappa shape index (κ2) is 20.9. The number of aromatic nitrogens is 4. The molecule has 0 spiro atoms. The average molecular weight is 1230 g/mol. The van der Waals surface area contributed by atoms with E-state index >= 15 is 8.78 Å². The summed E-state index contributed by atoms with van der Waals surface area (Å²) in [7, 11) is 0. The quantitative estimate of drug-likeness (QED) is 0.128. The number of para-hydroxylation sites is 12. The van der Waals surface area contributed by atoms with Crippen LogP contribution in [0.4, 0.5) is 42.9 Å². The second-order valence-electron chi connectivity index (χ2n) is 24.9. The van der Waals surface area contributed by atoms with Crippen LogP contribution in [0, 0.1) is 11.6 Å². The lowest BCUT2D eigenvalue weighted by atomic mass is 9.91. The van der Waals surface area contributed by atoms with Gasteiger partial charge in [-0.3, -0.25) is 0 Å². The number of nitrogens with zero attached hydrogens (tertiary/aromatic N) is 6. The fourth-order valence-corrected chi connectivity index (χ4v) is 16.1. The van der Waals surface area contributed by atoms with Crippen LogP contribution < -0.4 is 9.80 Å². The van der Waals surface area contributed by atoms with E-state index in [-0.39, 0.29) is 0 Å². The van der Waals surface area contributed by atoms with E-state index < -0.39 is 11.6 Å². The zero-order valence-electron chi connectivity index (χ0n) is 51.6. The van der Waals surface area contributed by atoms with E-state index in [9.17, 15) is 0 Å². The van der Waals surface area contributed by atoms with E-state index in [1.165, 1.54) is 0 Å². The van der Waals surface area contributed by atoms with Gasteiger partial charge in [-0.25, -0.2) is 8.78 Å². The summed E-state index contributed by atoms with van der Waals surface area (Å²) in [6.07, 6.45) is 0. The van der Waals surface area contributed by atoms with Gasteiger partial charge in [0.15, 0.2) is 0 Å². The number of hydrogen-bond acceptors (Lipinski definition) is 2. The standard InChI is InChI=1S/C88H54F2N6/c89-71-53-81(95(77-45-21-37-63-59-33-13-17-41-73(59)91(85(63)77)55-25-5-1-6-26-55)78-46-22-38-64-60-34-14-18-42-74(60)92(86(64)78)56-27-7-2-8-28-56)69-51-49-68-72(90)54-82(70-52-50-67(71)83(69)84(68)70)96(79-47-23-39-65-61-35-15-19-43-75(61)93(87(65)79)57-29-9-3-10-30-57)80-48-24-40-66-62-36-16-20-44-76(62)94(88(66)80)58-31-11-4-12-32-58/h1-54H. The average Bonchev–Trinajstić information content (AvgIpc) is 1.31. The molecule has 0 unspecified atom stereocenters. The zero-order valence-corrected chi connectivity index (χ0v) is 51.6. The number of halogens is 2. The SMILES string of the molecule is Fc1cc(N(c2cccc3c4ccccc4n(-c4ccccc4)c23)c2cccc3c4ccccc4n(-c4ccccc4)c23)c2ccc3c(F)cc(N(c4cccc5c6ccccc6n(-c6ccccc6)c45)c4cccc5c6ccccc6n(-c6ccccc6)c45)c4ccc1c2c34. The first-order valence-corrected chi connectivity index (χ1v) is 32.6. The highest BCUT2D eigenvalue weighted by molar-refractivity contribution is 6.30. The number of hydrogen-bond donors (Lipinski definition) is 0. The van der Waals surface area contributed by atoms with Crippen molar-refractivity contribution >= 4 is 154 Å². The molecule has 0 radical (unpaired) electrons. The molecule has 0 amide bonds. The molecular weight excluding hydrogens is 1180 g/mol. The summed E-state index contributed by atoms with van der Waals surface area (Å²) < 4.78 is 47.1. The van der Waals surface area contributed by atoms with Gasteiger partial charge in [0.2, 0.25) is 0 Å². The van der Waals surface area contributed by atoms with Gasteiger partial charge in [-0.15, -0.1) is 0 Å². The van der Waals surface area contributed by atoms with Crippen LogP contribution in [-0.2, 0) is 0 Å². The van der Waals surface area contributed by atoms with Crippen LogP contribution in [0.3, 0.4) is 0 Å². The third-order valence-corrected chi connectivity index (χ3v) is 20.0. The molecule has 20 aromatic rings. The molecule has 8 heteroatoms. The molecule has 6 nitrogen and oxygen atoms in total. The maximum Gasteiger partial charge on any atom is 0.133 e. The smallest absolute Gasteiger partial charge is 0.133 e. The van der Waals surface area contributed by atoms with E-state index in [4.69, 9.17) is 0 Å². The molecule has 0 aliphatic heterocycles. The predicted octanol–water partition coefficient (Wildman–Crippen LogP) is 24.2. The largest absolute Gasteiger partial charge is 0.307 e. The summed E-state index contributed by atoms with van der Waals surface area (Å²) in [5.74, 6) is -0.860. The van der Waals surface area contributed by atoms with Gasteiger partial charge < -0.3 is 28.1 Å². The van der Waals surface area contributed by atoms with Gasteiger partial charge >= 0.3 is 0 Å². The normalized spacial score (nSPS) is 12.1. The highest BCUT2D eigenvalue weighted by Gasteiger charge is 2.32. The Labute approximate surface area is 549 Å². The molecule has 4 aromatic heterocycles. The van der Waals surface area contributed by atoms with Crippen molar-refractivity contribution in [2.24, 2.45) is 0 Å². The van der Waals surface area contributed by atoms with E-state index in [0.29, 0.717) is 32.9 Å². The molecule has 0 atom stereocenters. The summed E-state index contributed by atoms with van der Waals surface area (Å²) in [6.45, 7) is 0. The van der Waals surface area contributed by atoms with E-state index in [2.05, 4.69) is 295 Å². The second-order valence-corrected chi connectivity index (χ2v) is 24.9. The van der Waals surface area contributed by atoms with Crippen LogP contribution in [0.2, 0.25) is 0 Å². The first kappa shape index (κ1) is 53.8. The molecule has 0 aliphatic carbocycles. The van der Waals surface area contributed by atoms with Gasteiger partial charge in [-0.1, -0.05) is 218 Å². The van der Waals surface area contributed by atoms with Crippen molar-refractivity contribution < 1.29 is 8.78 Å². The summed E-state index contributed by atoms with van der Waals surface area (Å²) in [5.41, 5.74) is 16.4. The lowest BCUT2D eigenvalue weighted by Gasteiger charge is -2.31. The lowest BCUT2D eigenvalue weighted by Crippen LogP contribution is -2.15. The third kappa shape index (κ3) is 7.66. The first-order valence-electron chi connectivity index (χ1n) is 32.6.